The van der Waals surface area contributed by atoms with Crippen molar-refractivity contribution in [1.29, 1.82) is 0 Å². The molecule has 1 aromatic rings. The second kappa shape index (κ2) is 4.18. The lowest BCUT2D eigenvalue weighted by molar-refractivity contribution is 0.173. The van der Waals surface area contributed by atoms with Gasteiger partial charge in [-0.05, 0) is 50.5 Å². The largest absolute Gasteiger partial charge is 0.454 e. The van der Waals surface area contributed by atoms with Crippen LogP contribution in [0.3, 0.4) is 0 Å². The molecule has 0 saturated carbocycles. The van der Waals surface area contributed by atoms with Crippen LogP contribution in [-0.4, -0.2) is 12.8 Å². The number of nitrogens with two attached hydrogens (primary N) is 1. The van der Waals surface area contributed by atoms with Gasteiger partial charge >= 0.3 is 0 Å². The molecule has 0 fully saturated rings. The summed E-state index contributed by atoms with van der Waals surface area (Å²) >= 11 is 0. The van der Waals surface area contributed by atoms with Crippen LogP contribution in [0.15, 0.2) is 12.1 Å². The third-order valence-electron chi connectivity index (χ3n) is 2.78. The average Bonchev–Trinajstić information content (AvgIpc) is 2.60. The maximum absolute atomic E-state index is 14.2. The molecular formula is C13H18FNO2. The highest BCUT2D eigenvalue weighted by atomic mass is 19.1. The van der Waals surface area contributed by atoms with Crippen molar-refractivity contribution in [1.82, 2.24) is 0 Å². The summed E-state index contributed by atoms with van der Waals surface area (Å²) in [5, 5.41) is 0. The van der Waals surface area contributed by atoms with Crippen LogP contribution in [0.25, 0.3) is 0 Å². The summed E-state index contributed by atoms with van der Waals surface area (Å²) in [5.41, 5.74) is 5.89. The number of benzene rings is 1. The first-order valence-electron chi connectivity index (χ1n) is 5.75. The second-order valence-electron chi connectivity index (χ2n) is 5.02. The standard InChI is InChI=1S/C13H18FNO2/c1-8(15)4-9-5-11-12(17-7-16-11)6-10(9)13(2,3)14/h5-6,8H,4,7,15H2,1-3H3. The van der Waals surface area contributed by atoms with E-state index in [2.05, 4.69) is 0 Å². The molecule has 0 aliphatic carbocycles. The molecular weight excluding hydrogens is 221 g/mol. The van der Waals surface area contributed by atoms with Crippen molar-refractivity contribution in [3.63, 3.8) is 0 Å². The number of hydrogen-bond donors (Lipinski definition) is 1. The Bertz CT molecular complexity index is 424. The zero-order chi connectivity index (χ0) is 12.6. The number of ether oxygens (including phenoxy) is 2. The molecule has 0 radical (unpaired) electrons. The SMILES string of the molecule is CC(N)Cc1cc2c(cc1C(C)(C)F)OCO2. The number of alkyl halides is 1. The third-order valence-corrected chi connectivity index (χ3v) is 2.78. The van der Waals surface area contributed by atoms with Crippen LogP contribution < -0.4 is 15.2 Å². The molecule has 2 rings (SSSR count). The second-order valence-corrected chi connectivity index (χ2v) is 5.02. The van der Waals surface area contributed by atoms with E-state index < -0.39 is 5.67 Å². The molecule has 1 unspecified atom stereocenters. The highest BCUT2D eigenvalue weighted by Gasteiger charge is 2.27. The lowest BCUT2D eigenvalue weighted by atomic mass is 9.91. The van der Waals surface area contributed by atoms with Crippen LogP contribution in [0.1, 0.15) is 31.9 Å². The van der Waals surface area contributed by atoms with Gasteiger partial charge in [0.25, 0.3) is 0 Å². The summed E-state index contributed by atoms with van der Waals surface area (Å²) < 4.78 is 24.7. The van der Waals surface area contributed by atoms with Crippen molar-refractivity contribution in [3.05, 3.63) is 23.3 Å². The fourth-order valence-electron chi connectivity index (χ4n) is 2.05. The van der Waals surface area contributed by atoms with Gasteiger partial charge in [0.15, 0.2) is 11.5 Å². The van der Waals surface area contributed by atoms with Gasteiger partial charge in [0.2, 0.25) is 6.79 Å². The maximum Gasteiger partial charge on any atom is 0.231 e. The number of hydrogen-bond acceptors (Lipinski definition) is 3. The molecule has 0 saturated heterocycles. The van der Waals surface area contributed by atoms with Crippen molar-refractivity contribution in [3.8, 4) is 11.5 Å². The van der Waals surface area contributed by atoms with Crippen molar-refractivity contribution in [2.45, 2.75) is 38.9 Å². The van der Waals surface area contributed by atoms with E-state index in [0.717, 1.165) is 5.56 Å². The van der Waals surface area contributed by atoms with Gasteiger partial charge in [-0.2, -0.15) is 0 Å². The van der Waals surface area contributed by atoms with E-state index in [1.165, 1.54) is 13.8 Å². The predicted octanol–water partition coefficient (Wildman–Crippen LogP) is 2.51. The van der Waals surface area contributed by atoms with Gasteiger partial charge in [-0.25, -0.2) is 4.39 Å². The van der Waals surface area contributed by atoms with E-state index in [9.17, 15) is 4.39 Å². The number of fused-ring (bicyclic) bond motifs is 1. The highest BCUT2D eigenvalue weighted by molar-refractivity contribution is 5.50. The smallest absolute Gasteiger partial charge is 0.231 e. The predicted molar refractivity (Wildman–Crippen MR) is 64.1 cm³/mol. The van der Waals surface area contributed by atoms with Gasteiger partial charge in [-0.1, -0.05) is 0 Å². The van der Waals surface area contributed by atoms with E-state index in [-0.39, 0.29) is 12.8 Å². The summed E-state index contributed by atoms with van der Waals surface area (Å²) in [4.78, 5) is 0. The van der Waals surface area contributed by atoms with Crippen LogP contribution in [0.2, 0.25) is 0 Å². The Labute approximate surface area is 101 Å². The van der Waals surface area contributed by atoms with Gasteiger partial charge in [0.1, 0.15) is 5.67 Å². The van der Waals surface area contributed by atoms with Crippen LogP contribution in [0, 0.1) is 0 Å². The zero-order valence-electron chi connectivity index (χ0n) is 10.4. The fraction of sp³-hybridized carbons (Fsp3) is 0.538. The monoisotopic (exact) mass is 239 g/mol. The summed E-state index contributed by atoms with van der Waals surface area (Å²) in [6, 6.07) is 3.54. The van der Waals surface area contributed by atoms with Crippen molar-refractivity contribution < 1.29 is 13.9 Å². The van der Waals surface area contributed by atoms with Crippen LogP contribution in [0.5, 0.6) is 11.5 Å². The van der Waals surface area contributed by atoms with Crippen molar-refractivity contribution in [2.24, 2.45) is 5.73 Å². The van der Waals surface area contributed by atoms with Gasteiger partial charge in [-0.15, -0.1) is 0 Å². The molecule has 1 atom stereocenters. The molecule has 0 spiro atoms. The Kier molecular flexibility index (Phi) is 3.00. The van der Waals surface area contributed by atoms with Crippen molar-refractivity contribution in [2.75, 3.05) is 6.79 Å². The molecule has 17 heavy (non-hydrogen) atoms. The average molecular weight is 239 g/mol. The van der Waals surface area contributed by atoms with E-state index in [1.54, 1.807) is 6.07 Å². The minimum absolute atomic E-state index is 0.0172. The van der Waals surface area contributed by atoms with Crippen LogP contribution >= 0.6 is 0 Å². The molecule has 94 valence electrons. The maximum atomic E-state index is 14.2. The highest BCUT2D eigenvalue weighted by Crippen LogP contribution is 2.39. The first kappa shape index (κ1) is 12.2. The molecule has 1 aromatic carbocycles. The minimum atomic E-state index is -1.41. The molecule has 3 nitrogen and oxygen atoms in total. The van der Waals surface area contributed by atoms with E-state index in [1.807, 2.05) is 13.0 Å². The summed E-state index contributed by atoms with van der Waals surface area (Å²) in [5.74, 6) is 1.28. The Hall–Kier alpha value is -1.29. The first-order chi connectivity index (χ1) is 7.88. The van der Waals surface area contributed by atoms with Crippen LogP contribution in [-0.2, 0) is 12.1 Å². The first-order valence-corrected chi connectivity index (χ1v) is 5.75. The molecule has 4 heteroatoms. The Balaban J connectivity index is 2.47. The quantitative estimate of drug-likeness (QED) is 0.881. The summed E-state index contributed by atoms with van der Waals surface area (Å²) in [6.07, 6.45) is 0.624. The molecule has 0 aromatic heterocycles. The van der Waals surface area contributed by atoms with E-state index in [0.29, 0.717) is 23.5 Å². The molecule has 2 N–H and O–H groups in total. The Morgan fingerprint density at radius 3 is 2.47 bits per heavy atom. The summed E-state index contributed by atoms with van der Waals surface area (Å²) in [6.45, 7) is 5.17. The van der Waals surface area contributed by atoms with E-state index >= 15 is 0 Å². The molecule has 1 aliphatic rings. The molecule has 1 aliphatic heterocycles. The molecule has 0 amide bonds. The van der Waals surface area contributed by atoms with Crippen LogP contribution in [0.4, 0.5) is 4.39 Å². The van der Waals surface area contributed by atoms with Gasteiger partial charge in [0, 0.05) is 6.04 Å². The van der Waals surface area contributed by atoms with Gasteiger partial charge in [0.05, 0.1) is 0 Å². The van der Waals surface area contributed by atoms with Gasteiger partial charge < -0.3 is 15.2 Å². The molecule has 0 bridgehead atoms. The summed E-state index contributed by atoms with van der Waals surface area (Å²) in [7, 11) is 0. The zero-order valence-corrected chi connectivity index (χ0v) is 10.4. The lowest BCUT2D eigenvalue weighted by Gasteiger charge is -2.20. The normalized spacial score (nSPS) is 16.1. The topological polar surface area (TPSA) is 44.5 Å². The van der Waals surface area contributed by atoms with Gasteiger partial charge in [-0.3, -0.25) is 0 Å². The number of halogens is 1. The lowest BCUT2D eigenvalue weighted by Crippen LogP contribution is -2.21. The molecule has 1 heterocycles. The number of rotatable bonds is 3. The Morgan fingerprint density at radius 1 is 1.35 bits per heavy atom. The van der Waals surface area contributed by atoms with Crippen molar-refractivity contribution >= 4 is 0 Å². The fourth-order valence-corrected chi connectivity index (χ4v) is 2.05. The van der Waals surface area contributed by atoms with E-state index in [4.69, 9.17) is 15.2 Å². The third kappa shape index (κ3) is 2.52. The Morgan fingerprint density at radius 2 is 1.94 bits per heavy atom. The minimum Gasteiger partial charge on any atom is -0.454 e.